The van der Waals surface area contributed by atoms with Crippen LogP contribution in [0.5, 0.6) is 0 Å². The highest BCUT2D eigenvalue weighted by Gasteiger charge is 2.25. The maximum atomic E-state index is 13.5. The van der Waals surface area contributed by atoms with E-state index >= 15 is 0 Å². The average Bonchev–Trinajstić information content (AvgIpc) is 3.09. The van der Waals surface area contributed by atoms with Gasteiger partial charge in [-0.25, -0.2) is 9.18 Å². The predicted molar refractivity (Wildman–Crippen MR) is 122 cm³/mol. The van der Waals surface area contributed by atoms with Crippen molar-refractivity contribution in [1.29, 1.82) is 0 Å². The molecule has 3 rings (SSSR count). The zero-order valence-corrected chi connectivity index (χ0v) is 18.8. The van der Waals surface area contributed by atoms with E-state index in [1.54, 1.807) is 19.2 Å². The van der Waals surface area contributed by atoms with Gasteiger partial charge < -0.3 is 25.7 Å². The van der Waals surface area contributed by atoms with Crippen molar-refractivity contribution in [1.82, 2.24) is 20.9 Å². The molecule has 4 N–H and O–H groups in total. The van der Waals surface area contributed by atoms with Crippen molar-refractivity contribution in [3.8, 4) is 0 Å². The molecule has 8 heteroatoms. The number of hydrogen-bond acceptors (Lipinski definition) is 3. The fourth-order valence-electron chi connectivity index (χ4n) is 3.92. The normalized spacial score (nSPS) is 19.8. The number of guanidine groups is 1. The Kier molecular flexibility index (Phi) is 7.41. The Morgan fingerprint density at radius 1 is 1.19 bits per heavy atom. The summed E-state index contributed by atoms with van der Waals surface area (Å²) < 4.78 is 18.9. The second kappa shape index (κ2) is 10.0. The zero-order chi connectivity index (χ0) is 22.4. The second-order valence-electron chi connectivity index (χ2n) is 9.09. The summed E-state index contributed by atoms with van der Waals surface area (Å²) in [4.78, 5) is 19.5. The zero-order valence-electron chi connectivity index (χ0n) is 18.8. The van der Waals surface area contributed by atoms with Crippen molar-refractivity contribution in [2.45, 2.75) is 70.6 Å². The second-order valence-corrected chi connectivity index (χ2v) is 9.09. The van der Waals surface area contributed by atoms with Gasteiger partial charge in [0.15, 0.2) is 5.96 Å². The molecule has 1 aliphatic carbocycles. The van der Waals surface area contributed by atoms with Crippen molar-refractivity contribution in [2.75, 3.05) is 13.6 Å². The van der Waals surface area contributed by atoms with Crippen LogP contribution in [0.15, 0.2) is 29.4 Å². The van der Waals surface area contributed by atoms with E-state index in [1.807, 2.05) is 27.0 Å². The van der Waals surface area contributed by atoms with Gasteiger partial charge in [-0.05, 0) is 76.6 Å². The number of H-pyrrole nitrogens is 1. The van der Waals surface area contributed by atoms with E-state index in [0.717, 1.165) is 54.5 Å². The number of nitrogens with zero attached hydrogens (tertiary/aromatic N) is 1. The lowest BCUT2D eigenvalue weighted by atomic mass is 9.91. The van der Waals surface area contributed by atoms with Crippen molar-refractivity contribution in [2.24, 2.45) is 4.99 Å². The molecule has 1 amide bonds. The Balaban J connectivity index is 1.40. The first kappa shape index (κ1) is 22.9. The number of hydrogen-bond donors (Lipinski definition) is 4. The summed E-state index contributed by atoms with van der Waals surface area (Å²) in [6.45, 7) is 6.28. The predicted octanol–water partition coefficient (Wildman–Crippen LogP) is 3.85. The standard InChI is InChI=1S/C23H34FN5O2/c1-23(2,3)31-22(30)29-18-8-6-17(7-9-18)28-21(25-4)26-12-11-15-14-27-20-10-5-16(24)13-19(15)20/h5,10,13-14,17-18,27H,6-9,11-12H2,1-4H3,(H,29,30)(H2,25,26,28). The fraction of sp³-hybridized carbons (Fsp3) is 0.565. The van der Waals surface area contributed by atoms with Gasteiger partial charge in [-0.2, -0.15) is 0 Å². The Hall–Kier alpha value is -2.77. The van der Waals surface area contributed by atoms with E-state index in [-0.39, 0.29) is 18.0 Å². The third kappa shape index (κ3) is 6.87. The number of amides is 1. The average molecular weight is 432 g/mol. The summed E-state index contributed by atoms with van der Waals surface area (Å²) in [7, 11) is 1.76. The number of ether oxygens (including phenoxy) is 1. The van der Waals surface area contributed by atoms with E-state index < -0.39 is 5.60 Å². The molecule has 2 aromatic rings. The van der Waals surface area contributed by atoms with Crippen molar-refractivity contribution < 1.29 is 13.9 Å². The summed E-state index contributed by atoms with van der Waals surface area (Å²) in [6, 6.07) is 5.24. The summed E-state index contributed by atoms with van der Waals surface area (Å²) in [6.07, 6.45) is 6.03. The van der Waals surface area contributed by atoms with Gasteiger partial charge in [0.05, 0.1) is 0 Å². The van der Waals surface area contributed by atoms with Crippen LogP contribution >= 0.6 is 0 Å². The number of fused-ring (bicyclic) bond motifs is 1. The molecule has 1 aromatic heterocycles. The number of aromatic nitrogens is 1. The number of carbonyl (C=O) groups excluding carboxylic acids is 1. The van der Waals surface area contributed by atoms with Crippen molar-refractivity contribution in [3.05, 3.63) is 35.8 Å². The van der Waals surface area contributed by atoms with Gasteiger partial charge in [0, 0.05) is 42.8 Å². The van der Waals surface area contributed by atoms with E-state index in [1.165, 1.54) is 6.07 Å². The van der Waals surface area contributed by atoms with Gasteiger partial charge in [0.25, 0.3) is 0 Å². The SMILES string of the molecule is CN=C(NCCc1c[nH]c2ccc(F)cc12)NC1CCC(NC(=O)OC(C)(C)C)CC1. The molecule has 31 heavy (non-hydrogen) atoms. The van der Waals surface area contributed by atoms with Crippen LogP contribution in [0.25, 0.3) is 10.9 Å². The minimum absolute atomic E-state index is 0.144. The molecule has 0 aliphatic heterocycles. The largest absolute Gasteiger partial charge is 0.444 e. The summed E-state index contributed by atoms with van der Waals surface area (Å²) in [5.41, 5.74) is 1.53. The molecular weight excluding hydrogens is 397 g/mol. The molecule has 0 unspecified atom stereocenters. The van der Waals surface area contributed by atoms with E-state index in [9.17, 15) is 9.18 Å². The molecule has 7 nitrogen and oxygen atoms in total. The first-order chi connectivity index (χ1) is 14.7. The van der Waals surface area contributed by atoms with E-state index in [0.29, 0.717) is 12.6 Å². The number of aliphatic imine (C=N–C) groups is 1. The van der Waals surface area contributed by atoms with Crippen LogP contribution in [0.4, 0.5) is 9.18 Å². The Morgan fingerprint density at radius 2 is 1.87 bits per heavy atom. The molecule has 1 aliphatic rings. The summed E-state index contributed by atoms with van der Waals surface area (Å²) in [5.74, 6) is 0.533. The van der Waals surface area contributed by atoms with Crippen molar-refractivity contribution >= 4 is 23.0 Å². The molecule has 0 radical (unpaired) electrons. The minimum atomic E-state index is -0.484. The maximum absolute atomic E-state index is 13.5. The maximum Gasteiger partial charge on any atom is 0.407 e. The third-order valence-electron chi connectivity index (χ3n) is 5.43. The molecule has 0 spiro atoms. The molecule has 1 aromatic carbocycles. The first-order valence-corrected chi connectivity index (χ1v) is 11.0. The highest BCUT2D eigenvalue weighted by atomic mass is 19.1. The fourth-order valence-corrected chi connectivity index (χ4v) is 3.92. The van der Waals surface area contributed by atoms with Crippen molar-refractivity contribution in [3.63, 3.8) is 0 Å². The lowest BCUT2D eigenvalue weighted by molar-refractivity contribution is 0.0490. The van der Waals surface area contributed by atoms with E-state index in [4.69, 9.17) is 4.74 Å². The van der Waals surface area contributed by atoms with Gasteiger partial charge in [-0.3, -0.25) is 4.99 Å². The van der Waals surface area contributed by atoms with Crippen LogP contribution in [-0.4, -0.2) is 48.3 Å². The highest BCUT2D eigenvalue weighted by molar-refractivity contribution is 5.83. The van der Waals surface area contributed by atoms with Gasteiger partial charge in [-0.15, -0.1) is 0 Å². The smallest absolute Gasteiger partial charge is 0.407 e. The van der Waals surface area contributed by atoms with Crippen LogP contribution in [0, 0.1) is 5.82 Å². The number of halogens is 1. The van der Waals surface area contributed by atoms with Crippen LogP contribution in [0.1, 0.15) is 52.0 Å². The lowest BCUT2D eigenvalue weighted by Gasteiger charge is -2.31. The number of rotatable bonds is 5. The topological polar surface area (TPSA) is 90.5 Å². The van der Waals surface area contributed by atoms with Gasteiger partial charge in [0.1, 0.15) is 11.4 Å². The molecule has 0 saturated heterocycles. The summed E-state index contributed by atoms with van der Waals surface area (Å²) in [5, 5.41) is 10.7. The number of alkyl carbamates (subject to hydrolysis) is 1. The third-order valence-corrected chi connectivity index (χ3v) is 5.43. The van der Waals surface area contributed by atoms with Crippen LogP contribution < -0.4 is 16.0 Å². The van der Waals surface area contributed by atoms with Gasteiger partial charge >= 0.3 is 6.09 Å². The van der Waals surface area contributed by atoms with Gasteiger partial charge in [-0.1, -0.05) is 0 Å². The molecule has 0 bridgehead atoms. The summed E-state index contributed by atoms with van der Waals surface area (Å²) >= 11 is 0. The number of carbonyl (C=O) groups is 1. The van der Waals surface area contributed by atoms with Gasteiger partial charge in [0.2, 0.25) is 0 Å². The lowest BCUT2D eigenvalue weighted by Crippen LogP contribution is -2.48. The Labute approximate surface area is 183 Å². The number of benzene rings is 1. The van der Waals surface area contributed by atoms with Crippen LogP contribution in [0.2, 0.25) is 0 Å². The first-order valence-electron chi connectivity index (χ1n) is 11.0. The van der Waals surface area contributed by atoms with Crippen LogP contribution in [-0.2, 0) is 11.2 Å². The Morgan fingerprint density at radius 3 is 2.52 bits per heavy atom. The number of nitrogens with one attached hydrogen (secondary N) is 4. The molecule has 1 fully saturated rings. The quantitative estimate of drug-likeness (QED) is 0.428. The monoisotopic (exact) mass is 431 g/mol. The highest BCUT2D eigenvalue weighted by Crippen LogP contribution is 2.20. The molecule has 1 saturated carbocycles. The Bertz CT molecular complexity index is 910. The molecule has 0 atom stereocenters. The molecule has 1 heterocycles. The van der Waals surface area contributed by atoms with Crippen LogP contribution in [0.3, 0.4) is 0 Å². The minimum Gasteiger partial charge on any atom is -0.444 e. The molecular formula is C23H34FN5O2. The number of aromatic amines is 1. The molecule has 170 valence electrons. The van der Waals surface area contributed by atoms with E-state index in [2.05, 4.69) is 25.9 Å².